The van der Waals surface area contributed by atoms with E-state index in [0.717, 1.165) is 25.8 Å². The SMILES string of the molecule is CCOC(=O)CC(C)N1CCCCC1C(=O)NC. The summed E-state index contributed by atoms with van der Waals surface area (Å²) in [5.74, 6) is -0.142. The summed E-state index contributed by atoms with van der Waals surface area (Å²) in [4.78, 5) is 25.4. The number of esters is 1. The van der Waals surface area contributed by atoms with Crippen molar-refractivity contribution in [2.45, 2.75) is 51.6 Å². The quantitative estimate of drug-likeness (QED) is 0.743. The molecule has 104 valence electrons. The van der Waals surface area contributed by atoms with Gasteiger partial charge in [0.1, 0.15) is 0 Å². The van der Waals surface area contributed by atoms with E-state index in [9.17, 15) is 9.59 Å². The molecule has 1 saturated heterocycles. The minimum Gasteiger partial charge on any atom is -0.466 e. The first-order chi connectivity index (χ1) is 8.60. The highest BCUT2D eigenvalue weighted by atomic mass is 16.5. The highest BCUT2D eigenvalue weighted by Crippen LogP contribution is 2.21. The van der Waals surface area contributed by atoms with Crippen molar-refractivity contribution in [3.63, 3.8) is 0 Å². The van der Waals surface area contributed by atoms with Gasteiger partial charge in [-0.1, -0.05) is 6.42 Å². The summed E-state index contributed by atoms with van der Waals surface area (Å²) < 4.78 is 4.96. The monoisotopic (exact) mass is 256 g/mol. The fourth-order valence-electron chi connectivity index (χ4n) is 2.51. The first-order valence-corrected chi connectivity index (χ1v) is 6.73. The molecular weight excluding hydrogens is 232 g/mol. The van der Waals surface area contributed by atoms with Crippen LogP contribution in [0.5, 0.6) is 0 Å². The number of nitrogens with zero attached hydrogens (tertiary/aromatic N) is 1. The van der Waals surface area contributed by atoms with Crippen LogP contribution in [0.3, 0.4) is 0 Å². The Balaban J connectivity index is 2.59. The zero-order valence-electron chi connectivity index (χ0n) is 11.6. The summed E-state index contributed by atoms with van der Waals surface area (Å²) in [6, 6.07) is -0.0557. The van der Waals surface area contributed by atoms with Crippen LogP contribution in [0.1, 0.15) is 39.5 Å². The maximum absolute atomic E-state index is 11.8. The molecule has 0 radical (unpaired) electrons. The molecule has 1 N–H and O–H groups in total. The maximum Gasteiger partial charge on any atom is 0.307 e. The number of hydrogen-bond acceptors (Lipinski definition) is 4. The minimum absolute atomic E-state index is 0.0467. The highest BCUT2D eigenvalue weighted by molar-refractivity contribution is 5.81. The van der Waals surface area contributed by atoms with Crippen molar-refractivity contribution < 1.29 is 14.3 Å². The van der Waals surface area contributed by atoms with Gasteiger partial charge in [0, 0.05) is 13.1 Å². The van der Waals surface area contributed by atoms with E-state index in [1.165, 1.54) is 0 Å². The predicted octanol–water partition coefficient (Wildman–Crippen LogP) is 0.929. The Kier molecular flexibility index (Phi) is 6.12. The lowest BCUT2D eigenvalue weighted by molar-refractivity contribution is -0.145. The molecule has 0 aliphatic carbocycles. The van der Waals surface area contributed by atoms with Gasteiger partial charge in [0.2, 0.25) is 5.91 Å². The largest absolute Gasteiger partial charge is 0.466 e. The molecule has 0 spiro atoms. The van der Waals surface area contributed by atoms with Crippen LogP contribution in [0.25, 0.3) is 0 Å². The molecule has 5 heteroatoms. The predicted molar refractivity (Wildman–Crippen MR) is 69.1 cm³/mol. The molecule has 1 amide bonds. The Labute approximate surface area is 109 Å². The molecule has 1 aliphatic rings. The average molecular weight is 256 g/mol. The molecule has 0 aromatic rings. The summed E-state index contributed by atoms with van der Waals surface area (Å²) >= 11 is 0. The van der Waals surface area contributed by atoms with Gasteiger partial charge in [-0.2, -0.15) is 0 Å². The number of rotatable bonds is 5. The van der Waals surface area contributed by atoms with Crippen LogP contribution in [-0.2, 0) is 14.3 Å². The third-order valence-corrected chi connectivity index (χ3v) is 3.43. The molecule has 0 bridgehead atoms. The van der Waals surface area contributed by atoms with Crippen LogP contribution in [0, 0.1) is 0 Å². The van der Waals surface area contributed by atoms with E-state index in [4.69, 9.17) is 4.74 Å². The van der Waals surface area contributed by atoms with Crippen molar-refractivity contribution in [1.29, 1.82) is 0 Å². The Morgan fingerprint density at radius 3 is 2.78 bits per heavy atom. The Hall–Kier alpha value is -1.10. The van der Waals surface area contributed by atoms with Gasteiger partial charge in [-0.25, -0.2) is 0 Å². The minimum atomic E-state index is -0.189. The second-order valence-corrected chi connectivity index (χ2v) is 4.72. The van der Waals surface area contributed by atoms with Crippen molar-refractivity contribution in [3.05, 3.63) is 0 Å². The zero-order chi connectivity index (χ0) is 13.5. The van der Waals surface area contributed by atoms with Crippen molar-refractivity contribution in [2.75, 3.05) is 20.2 Å². The molecule has 1 rings (SSSR count). The normalized spacial score (nSPS) is 22.3. The highest BCUT2D eigenvalue weighted by Gasteiger charge is 2.32. The molecule has 0 aromatic heterocycles. The van der Waals surface area contributed by atoms with Crippen LogP contribution >= 0.6 is 0 Å². The third kappa shape index (κ3) is 3.98. The number of piperidine rings is 1. The second-order valence-electron chi connectivity index (χ2n) is 4.72. The third-order valence-electron chi connectivity index (χ3n) is 3.43. The van der Waals surface area contributed by atoms with Crippen LogP contribution in [0.15, 0.2) is 0 Å². The number of carbonyl (C=O) groups is 2. The zero-order valence-corrected chi connectivity index (χ0v) is 11.6. The van der Waals surface area contributed by atoms with Gasteiger partial charge < -0.3 is 10.1 Å². The maximum atomic E-state index is 11.8. The van der Waals surface area contributed by atoms with Crippen molar-refractivity contribution in [2.24, 2.45) is 0 Å². The number of carbonyl (C=O) groups excluding carboxylic acids is 2. The molecule has 1 heterocycles. The van der Waals surface area contributed by atoms with E-state index in [2.05, 4.69) is 10.2 Å². The summed E-state index contributed by atoms with van der Waals surface area (Å²) in [6.45, 7) is 5.07. The summed E-state index contributed by atoms with van der Waals surface area (Å²) in [5.41, 5.74) is 0. The lowest BCUT2D eigenvalue weighted by Crippen LogP contribution is -2.52. The van der Waals surface area contributed by atoms with E-state index < -0.39 is 0 Å². The van der Waals surface area contributed by atoms with Gasteiger partial charge in [0.25, 0.3) is 0 Å². The molecule has 18 heavy (non-hydrogen) atoms. The van der Waals surface area contributed by atoms with Gasteiger partial charge in [-0.15, -0.1) is 0 Å². The molecule has 2 unspecified atom stereocenters. The topological polar surface area (TPSA) is 58.6 Å². The van der Waals surface area contributed by atoms with Crippen molar-refractivity contribution in [1.82, 2.24) is 10.2 Å². The first-order valence-electron chi connectivity index (χ1n) is 6.73. The van der Waals surface area contributed by atoms with E-state index in [-0.39, 0.29) is 24.0 Å². The van der Waals surface area contributed by atoms with Crippen LogP contribution < -0.4 is 5.32 Å². The first kappa shape index (κ1) is 15.0. The van der Waals surface area contributed by atoms with E-state index in [0.29, 0.717) is 13.0 Å². The number of hydrogen-bond donors (Lipinski definition) is 1. The fraction of sp³-hybridized carbons (Fsp3) is 0.846. The second kappa shape index (κ2) is 7.36. The van der Waals surface area contributed by atoms with Crippen molar-refractivity contribution in [3.8, 4) is 0 Å². The molecule has 1 fully saturated rings. The number of ether oxygens (including phenoxy) is 1. The molecule has 1 aliphatic heterocycles. The number of likely N-dealkylation sites (N-methyl/N-ethyl adjacent to an activating group) is 1. The molecule has 0 aromatic carbocycles. The lowest BCUT2D eigenvalue weighted by Gasteiger charge is -2.38. The molecular formula is C13H24N2O3. The van der Waals surface area contributed by atoms with Gasteiger partial charge in [0.05, 0.1) is 19.1 Å². The molecule has 2 atom stereocenters. The Morgan fingerprint density at radius 2 is 2.17 bits per heavy atom. The van der Waals surface area contributed by atoms with Crippen LogP contribution in [-0.4, -0.2) is 49.1 Å². The smallest absolute Gasteiger partial charge is 0.307 e. The van der Waals surface area contributed by atoms with Gasteiger partial charge in [-0.3, -0.25) is 14.5 Å². The van der Waals surface area contributed by atoms with Gasteiger partial charge >= 0.3 is 5.97 Å². The summed E-state index contributed by atoms with van der Waals surface area (Å²) in [6.07, 6.45) is 3.37. The van der Waals surface area contributed by atoms with E-state index in [1.807, 2.05) is 6.92 Å². The van der Waals surface area contributed by atoms with Crippen molar-refractivity contribution >= 4 is 11.9 Å². The summed E-state index contributed by atoms with van der Waals surface area (Å²) in [5, 5.41) is 2.70. The van der Waals surface area contributed by atoms with Gasteiger partial charge in [-0.05, 0) is 33.2 Å². The summed E-state index contributed by atoms with van der Waals surface area (Å²) in [7, 11) is 1.66. The number of amides is 1. The molecule has 5 nitrogen and oxygen atoms in total. The van der Waals surface area contributed by atoms with E-state index >= 15 is 0 Å². The van der Waals surface area contributed by atoms with E-state index in [1.54, 1.807) is 14.0 Å². The standard InChI is InChI=1S/C13H24N2O3/c1-4-18-12(16)9-10(2)15-8-6-5-7-11(15)13(17)14-3/h10-11H,4-9H2,1-3H3,(H,14,17). The fourth-order valence-corrected chi connectivity index (χ4v) is 2.51. The number of nitrogens with one attached hydrogen (secondary N) is 1. The Morgan fingerprint density at radius 1 is 1.44 bits per heavy atom. The van der Waals surface area contributed by atoms with Crippen LogP contribution in [0.4, 0.5) is 0 Å². The Bertz CT molecular complexity index is 294. The number of likely N-dealkylation sites (tertiary alicyclic amines) is 1. The van der Waals surface area contributed by atoms with Crippen LogP contribution in [0.2, 0.25) is 0 Å². The average Bonchev–Trinajstić information content (AvgIpc) is 2.38. The van der Waals surface area contributed by atoms with Gasteiger partial charge in [0.15, 0.2) is 0 Å². The molecule has 0 saturated carbocycles. The lowest BCUT2D eigenvalue weighted by atomic mass is 9.98.